The molecule has 0 radical (unpaired) electrons. The Morgan fingerprint density at radius 3 is 2.53 bits per heavy atom. The molecule has 0 amide bonds. The van der Waals surface area contributed by atoms with Gasteiger partial charge in [-0.3, -0.25) is 0 Å². The van der Waals surface area contributed by atoms with Crippen molar-refractivity contribution in [1.82, 2.24) is 14.8 Å². The van der Waals surface area contributed by atoms with Gasteiger partial charge in [0.1, 0.15) is 12.7 Å². The first kappa shape index (κ1) is 10.6. The third kappa shape index (κ3) is 3.28. The van der Waals surface area contributed by atoms with Crippen LogP contribution < -0.4 is 5.73 Å². The Labute approximate surface area is 89.6 Å². The maximum Gasteiger partial charge on any atom is 0.119 e. The summed E-state index contributed by atoms with van der Waals surface area (Å²) in [6.45, 7) is 1.56. The van der Waals surface area contributed by atoms with Gasteiger partial charge in [0.05, 0.1) is 12.7 Å². The second-order valence-corrected chi connectivity index (χ2v) is 4.11. The van der Waals surface area contributed by atoms with Crippen LogP contribution in [0.5, 0.6) is 0 Å². The van der Waals surface area contributed by atoms with Gasteiger partial charge in [0.2, 0.25) is 0 Å². The average molecular weight is 210 g/mol. The standard InChI is InChI=1S/C10H18N4O/c11-9-1-3-10(4-2-9)15-6-5-14-7-12-13-8-14/h7-10H,1-6,11H2. The first-order valence-electron chi connectivity index (χ1n) is 5.54. The van der Waals surface area contributed by atoms with E-state index < -0.39 is 0 Å². The molecule has 1 aliphatic rings. The molecule has 0 unspecified atom stereocenters. The van der Waals surface area contributed by atoms with Gasteiger partial charge in [-0.1, -0.05) is 0 Å². The summed E-state index contributed by atoms with van der Waals surface area (Å²) in [6, 6.07) is 0.391. The molecule has 0 aliphatic heterocycles. The number of hydrogen-bond acceptors (Lipinski definition) is 4. The first-order chi connectivity index (χ1) is 7.34. The van der Waals surface area contributed by atoms with Crippen molar-refractivity contribution in [2.24, 2.45) is 5.73 Å². The maximum atomic E-state index is 5.83. The van der Waals surface area contributed by atoms with E-state index in [2.05, 4.69) is 10.2 Å². The number of aromatic nitrogens is 3. The van der Waals surface area contributed by atoms with Crippen LogP contribution in [-0.2, 0) is 11.3 Å². The highest BCUT2D eigenvalue weighted by atomic mass is 16.5. The molecule has 1 fully saturated rings. The van der Waals surface area contributed by atoms with Crippen molar-refractivity contribution in [3.05, 3.63) is 12.7 Å². The molecule has 5 nitrogen and oxygen atoms in total. The summed E-state index contributed by atoms with van der Waals surface area (Å²) in [6.07, 6.45) is 8.21. The van der Waals surface area contributed by atoms with Crippen LogP contribution in [0.15, 0.2) is 12.7 Å². The van der Waals surface area contributed by atoms with Crippen LogP contribution in [0, 0.1) is 0 Å². The van der Waals surface area contributed by atoms with Crippen molar-refractivity contribution in [1.29, 1.82) is 0 Å². The average Bonchev–Trinajstić information content (AvgIpc) is 2.74. The summed E-state index contributed by atoms with van der Waals surface area (Å²) in [5.74, 6) is 0. The zero-order valence-electron chi connectivity index (χ0n) is 8.88. The second-order valence-electron chi connectivity index (χ2n) is 4.11. The van der Waals surface area contributed by atoms with E-state index in [9.17, 15) is 0 Å². The predicted octanol–water partition coefficient (Wildman–Crippen LogP) is 0.565. The molecular formula is C10H18N4O. The fourth-order valence-electron chi connectivity index (χ4n) is 1.92. The fraction of sp³-hybridized carbons (Fsp3) is 0.800. The SMILES string of the molecule is NC1CCC(OCCn2cnnc2)CC1. The smallest absolute Gasteiger partial charge is 0.119 e. The Hall–Kier alpha value is -0.940. The lowest BCUT2D eigenvalue weighted by Gasteiger charge is -2.26. The monoisotopic (exact) mass is 210 g/mol. The molecule has 0 atom stereocenters. The van der Waals surface area contributed by atoms with Gasteiger partial charge in [0, 0.05) is 12.6 Å². The van der Waals surface area contributed by atoms with Crippen molar-refractivity contribution in [2.45, 2.75) is 44.4 Å². The topological polar surface area (TPSA) is 66.0 Å². The number of nitrogens with two attached hydrogens (primary N) is 1. The molecule has 15 heavy (non-hydrogen) atoms. The molecular weight excluding hydrogens is 192 g/mol. The normalized spacial score (nSPS) is 26.7. The minimum absolute atomic E-state index is 0.391. The van der Waals surface area contributed by atoms with Gasteiger partial charge < -0.3 is 15.0 Å². The van der Waals surface area contributed by atoms with E-state index in [4.69, 9.17) is 10.5 Å². The Bertz CT molecular complexity index is 267. The van der Waals surface area contributed by atoms with Gasteiger partial charge in [-0.25, -0.2) is 0 Å². The third-order valence-electron chi connectivity index (χ3n) is 2.89. The zero-order valence-corrected chi connectivity index (χ0v) is 8.88. The largest absolute Gasteiger partial charge is 0.376 e. The molecule has 2 N–H and O–H groups in total. The number of rotatable bonds is 4. The van der Waals surface area contributed by atoms with E-state index in [0.717, 1.165) is 38.8 Å². The third-order valence-corrected chi connectivity index (χ3v) is 2.89. The minimum Gasteiger partial charge on any atom is -0.376 e. The van der Waals surface area contributed by atoms with Crippen LogP contribution in [0.3, 0.4) is 0 Å². The van der Waals surface area contributed by atoms with E-state index in [1.807, 2.05) is 4.57 Å². The summed E-state index contributed by atoms with van der Waals surface area (Å²) in [4.78, 5) is 0. The molecule has 1 saturated carbocycles. The summed E-state index contributed by atoms with van der Waals surface area (Å²) in [7, 11) is 0. The molecule has 0 saturated heterocycles. The summed E-state index contributed by atoms with van der Waals surface area (Å²) >= 11 is 0. The van der Waals surface area contributed by atoms with Crippen LogP contribution in [0.2, 0.25) is 0 Å². The second kappa shape index (κ2) is 5.23. The molecule has 1 aromatic rings. The van der Waals surface area contributed by atoms with Crippen LogP contribution in [0.25, 0.3) is 0 Å². The van der Waals surface area contributed by atoms with Crippen LogP contribution >= 0.6 is 0 Å². The number of hydrogen-bond donors (Lipinski definition) is 1. The van der Waals surface area contributed by atoms with Gasteiger partial charge in [0.25, 0.3) is 0 Å². The highest BCUT2D eigenvalue weighted by molar-refractivity contribution is 4.74. The summed E-state index contributed by atoms with van der Waals surface area (Å²) < 4.78 is 7.70. The summed E-state index contributed by atoms with van der Waals surface area (Å²) in [5, 5.41) is 7.48. The molecule has 1 aliphatic carbocycles. The van der Waals surface area contributed by atoms with E-state index in [-0.39, 0.29) is 0 Å². The molecule has 0 spiro atoms. The van der Waals surface area contributed by atoms with Crippen molar-refractivity contribution < 1.29 is 4.74 Å². The van der Waals surface area contributed by atoms with E-state index in [1.165, 1.54) is 0 Å². The Morgan fingerprint density at radius 1 is 1.20 bits per heavy atom. The molecule has 5 heteroatoms. The number of nitrogens with zero attached hydrogens (tertiary/aromatic N) is 3. The molecule has 1 aromatic heterocycles. The van der Waals surface area contributed by atoms with Crippen LogP contribution in [0.4, 0.5) is 0 Å². The van der Waals surface area contributed by atoms with Crippen molar-refractivity contribution in [3.63, 3.8) is 0 Å². The number of ether oxygens (including phenoxy) is 1. The molecule has 0 bridgehead atoms. The first-order valence-corrected chi connectivity index (χ1v) is 5.54. The van der Waals surface area contributed by atoms with Crippen LogP contribution in [0.1, 0.15) is 25.7 Å². The molecule has 2 rings (SSSR count). The van der Waals surface area contributed by atoms with Crippen molar-refractivity contribution >= 4 is 0 Å². The Morgan fingerprint density at radius 2 is 1.87 bits per heavy atom. The van der Waals surface area contributed by atoms with Crippen LogP contribution in [-0.4, -0.2) is 33.5 Å². The van der Waals surface area contributed by atoms with Gasteiger partial charge >= 0.3 is 0 Å². The fourth-order valence-corrected chi connectivity index (χ4v) is 1.92. The predicted molar refractivity (Wildman–Crippen MR) is 56.2 cm³/mol. The van der Waals surface area contributed by atoms with E-state index in [0.29, 0.717) is 12.1 Å². The molecule has 1 heterocycles. The van der Waals surface area contributed by atoms with Gasteiger partial charge in [0.15, 0.2) is 0 Å². The van der Waals surface area contributed by atoms with Gasteiger partial charge in [-0.05, 0) is 25.7 Å². The lowest BCUT2D eigenvalue weighted by molar-refractivity contribution is 0.0209. The Balaban J connectivity index is 1.62. The van der Waals surface area contributed by atoms with Gasteiger partial charge in [-0.2, -0.15) is 0 Å². The van der Waals surface area contributed by atoms with Gasteiger partial charge in [-0.15, -0.1) is 10.2 Å². The Kier molecular flexibility index (Phi) is 3.69. The minimum atomic E-state index is 0.391. The maximum absolute atomic E-state index is 5.83. The lowest BCUT2D eigenvalue weighted by Crippen LogP contribution is -2.30. The van der Waals surface area contributed by atoms with E-state index in [1.54, 1.807) is 12.7 Å². The van der Waals surface area contributed by atoms with Crippen molar-refractivity contribution in [2.75, 3.05) is 6.61 Å². The van der Waals surface area contributed by atoms with E-state index >= 15 is 0 Å². The molecule has 0 aromatic carbocycles. The quantitative estimate of drug-likeness (QED) is 0.788. The zero-order chi connectivity index (χ0) is 10.5. The van der Waals surface area contributed by atoms with Crippen molar-refractivity contribution in [3.8, 4) is 0 Å². The summed E-state index contributed by atoms with van der Waals surface area (Å²) in [5.41, 5.74) is 5.83. The highest BCUT2D eigenvalue weighted by Crippen LogP contribution is 2.19. The highest BCUT2D eigenvalue weighted by Gasteiger charge is 2.18. The molecule has 84 valence electrons. The lowest BCUT2D eigenvalue weighted by atomic mass is 9.94.